The molecule has 0 aliphatic heterocycles. The lowest BCUT2D eigenvalue weighted by Gasteiger charge is -2.29. The highest BCUT2D eigenvalue weighted by Gasteiger charge is 2.44. The van der Waals surface area contributed by atoms with Crippen LogP contribution in [0.25, 0.3) is 72.2 Å². The number of hydrogen-bond acceptors (Lipinski definition) is 3. The quantitative estimate of drug-likeness (QED) is 0.195. The fourth-order valence-electron chi connectivity index (χ4n) is 8.18. The molecule has 0 radical (unpaired) electrons. The molecular weight excluding hydrogens is 597 g/mol. The van der Waals surface area contributed by atoms with Gasteiger partial charge in [0.15, 0.2) is 0 Å². The number of nitrogens with zero attached hydrogens (tertiary/aromatic N) is 4. The summed E-state index contributed by atoms with van der Waals surface area (Å²) in [6.07, 6.45) is 3.87. The summed E-state index contributed by atoms with van der Waals surface area (Å²) in [5, 5.41) is 4.78. The van der Waals surface area contributed by atoms with Crippen molar-refractivity contribution in [3.05, 3.63) is 181 Å². The summed E-state index contributed by atoms with van der Waals surface area (Å²) in [5.74, 6) is 0.622. The van der Waals surface area contributed by atoms with E-state index in [2.05, 4.69) is 156 Å². The largest absolute Gasteiger partial charge is 0.276 e. The van der Waals surface area contributed by atoms with Gasteiger partial charge in [0.25, 0.3) is 0 Å². The van der Waals surface area contributed by atoms with E-state index in [0.717, 1.165) is 38.9 Å². The Morgan fingerprint density at radius 3 is 1.86 bits per heavy atom. The second-order valence-electron chi connectivity index (χ2n) is 13.0. The highest BCUT2D eigenvalue weighted by atomic mass is 15.2. The van der Waals surface area contributed by atoms with Gasteiger partial charge in [0.05, 0.1) is 28.6 Å². The number of aromatic nitrogens is 4. The van der Waals surface area contributed by atoms with Crippen LogP contribution in [0, 0.1) is 0 Å². The summed E-state index contributed by atoms with van der Waals surface area (Å²) in [6, 6.07) is 53.7. The molecule has 9 aromatic rings. The van der Waals surface area contributed by atoms with E-state index in [1.165, 1.54) is 44.0 Å². The maximum atomic E-state index is 5.37. The summed E-state index contributed by atoms with van der Waals surface area (Å²) in [5.41, 5.74) is 11.8. The Balaban J connectivity index is 1.43. The van der Waals surface area contributed by atoms with Crippen molar-refractivity contribution < 1.29 is 0 Å². The molecule has 0 fully saturated rings. The second-order valence-corrected chi connectivity index (χ2v) is 13.0. The molecule has 0 spiro atoms. The van der Waals surface area contributed by atoms with Crippen LogP contribution in [0.5, 0.6) is 0 Å². The average Bonchev–Trinajstić information content (AvgIpc) is 3.67. The van der Waals surface area contributed by atoms with Crippen LogP contribution in [-0.4, -0.2) is 19.5 Å². The smallest absolute Gasteiger partial charge is 0.235 e. The third-order valence-corrected chi connectivity index (χ3v) is 10.4. The van der Waals surface area contributed by atoms with E-state index in [1.807, 2.05) is 24.5 Å². The molecule has 1 aliphatic carbocycles. The number of benzene rings is 6. The number of hydrogen-bond donors (Lipinski definition) is 0. The maximum Gasteiger partial charge on any atom is 0.235 e. The van der Waals surface area contributed by atoms with E-state index in [-0.39, 0.29) is 0 Å². The van der Waals surface area contributed by atoms with Gasteiger partial charge in [-0.15, -0.1) is 0 Å². The Kier molecular flexibility index (Phi) is 5.97. The molecule has 49 heavy (non-hydrogen) atoms. The molecule has 0 saturated carbocycles. The van der Waals surface area contributed by atoms with Gasteiger partial charge in [-0.1, -0.05) is 140 Å². The Morgan fingerprint density at radius 1 is 0.571 bits per heavy atom. The van der Waals surface area contributed by atoms with E-state index < -0.39 is 5.41 Å². The van der Waals surface area contributed by atoms with Gasteiger partial charge in [-0.25, -0.2) is 9.97 Å². The highest BCUT2D eigenvalue weighted by molar-refractivity contribution is 6.27. The molecule has 4 heteroatoms. The molecule has 0 N–H and O–H groups in total. The molecule has 4 nitrogen and oxygen atoms in total. The zero-order chi connectivity index (χ0) is 32.5. The molecule has 1 atom stereocenters. The van der Waals surface area contributed by atoms with Crippen molar-refractivity contribution in [2.24, 2.45) is 0 Å². The zero-order valence-electron chi connectivity index (χ0n) is 26.9. The van der Waals surface area contributed by atoms with Crippen LogP contribution in [0.4, 0.5) is 0 Å². The summed E-state index contributed by atoms with van der Waals surface area (Å²) in [7, 11) is 0. The van der Waals surface area contributed by atoms with Gasteiger partial charge in [-0.3, -0.25) is 9.55 Å². The average molecular weight is 627 g/mol. The van der Waals surface area contributed by atoms with E-state index in [4.69, 9.17) is 9.97 Å². The van der Waals surface area contributed by atoms with E-state index in [1.54, 1.807) is 0 Å². The minimum atomic E-state index is -0.450. The molecule has 230 valence electrons. The molecule has 3 heterocycles. The van der Waals surface area contributed by atoms with Gasteiger partial charge >= 0.3 is 0 Å². The lowest BCUT2D eigenvalue weighted by molar-refractivity contribution is 0.717. The van der Waals surface area contributed by atoms with Crippen molar-refractivity contribution in [2.75, 3.05) is 0 Å². The fraction of sp³-hybridized carbons (Fsp3) is 0.0444. The first-order valence-electron chi connectivity index (χ1n) is 16.7. The highest BCUT2D eigenvalue weighted by Crippen LogP contribution is 2.58. The Bertz CT molecular complexity index is 2660. The molecule has 6 aromatic carbocycles. The topological polar surface area (TPSA) is 43.6 Å². The molecule has 0 bridgehead atoms. The number of pyridine rings is 1. The van der Waals surface area contributed by atoms with Crippen molar-refractivity contribution in [3.63, 3.8) is 0 Å². The lowest BCUT2D eigenvalue weighted by Crippen LogP contribution is -2.23. The van der Waals surface area contributed by atoms with Gasteiger partial charge in [-0.05, 0) is 52.1 Å². The molecule has 3 aromatic heterocycles. The van der Waals surface area contributed by atoms with Crippen molar-refractivity contribution in [1.82, 2.24) is 19.5 Å². The van der Waals surface area contributed by atoms with Gasteiger partial charge < -0.3 is 0 Å². The van der Waals surface area contributed by atoms with Crippen molar-refractivity contribution in [2.45, 2.75) is 12.3 Å². The zero-order valence-corrected chi connectivity index (χ0v) is 26.9. The maximum absolute atomic E-state index is 5.37. The van der Waals surface area contributed by atoms with Gasteiger partial charge in [0.1, 0.15) is 0 Å². The lowest BCUT2D eigenvalue weighted by atomic mass is 9.73. The molecule has 1 unspecified atom stereocenters. The first kappa shape index (κ1) is 27.7. The van der Waals surface area contributed by atoms with Crippen LogP contribution < -0.4 is 0 Å². The Labute approximate surface area is 284 Å². The van der Waals surface area contributed by atoms with Crippen molar-refractivity contribution in [1.29, 1.82) is 0 Å². The van der Waals surface area contributed by atoms with Crippen LogP contribution in [0.1, 0.15) is 23.6 Å². The van der Waals surface area contributed by atoms with E-state index in [0.29, 0.717) is 5.95 Å². The minimum Gasteiger partial charge on any atom is -0.276 e. The van der Waals surface area contributed by atoms with E-state index >= 15 is 0 Å². The van der Waals surface area contributed by atoms with Gasteiger partial charge in [0.2, 0.25) is 5.95 Å². The predicted octanol–water partition coefficient (Wildman–Crippen LogP) is 10.8. The first-order chi connectivity index (χ1) is 24.2. The normalized spacial score (nSPS) is 15.1. The molecule has 0 amide bonds. The van der Waals surface area contributed by atoms with Gasteiger partial charge in [0, 0.05) is 39.1 Å². The fourth-order valence-corrected chi connectivity index (χ4v) is 8.18. The van der Waals surface area contributed by atoms with Crippen LogP contribution >= 0.6 is 0 Å². The monoisotopic (exact) mass is 626 g/mol. The summed E-state index contributed by atoms with van der Waals surface area (Å²) in [4.78, 5) is 15.4. The Hall–Kier alpha value is -6.39. The van der Waals surface area contributed by atoms with Crippen LogP contribution in [0.2, 0.25) is 0 Å². The standard InChI is InChI=1S/C45H30N4/c1-45(31-19-9-4-10-20-31)36-24-14-13-23-34(36)40-32-21-11-12-22-33(32)41-35-25-26-46-28-39(35)49(43(41)42(40)45)44-47-37(29-15-5-2-6-16-29)27-38(48-44)30-17-7-3-8-18-30/h2-28H,1H3. The second kappa shape index (κ2) is 10.6. The first-order valence-corrected chi connectivity index (χ1v) is 16.7. The van der Waals surface area contributed by atoms with Crippen molar-refractivity contribution in [3.8, 4) is 39.6 Å². The third kappa shape index (κ3) is 3.95. The number of rotatable bonds is 4. The minimum absolute atomic E-state index is 0.450. The van der Waals surface area contributed by atoms with Crippen LogP contribution in [0.3, 0.4) is 0 Å². The predicted molar refractivity (Wildman–Crippen MR) is 200 cm³/mol. The molecular formula is C45H30N4. The van der Waals surface area contributed by atoms with Crippen LogP contribution in [0.15, 0.2) is 164 Å². The van der Waals surface area contributed by atoms with E-state index in [9.17, 15) is 0 Å². The molecule has 0 saturated heterocycles. The Morgan fingerprint density at radius 2 is 1.16 bits per heavy atom. The summed E-state index contributed by atoms with van der Waals surface area (Å²) >= 11 is 0. The SMILES string of the molecule is CC1(c2ccccc2)c2ccccc2-c2c1c1c(c3ccccc23)c2ccncc2n1-c1nc(-c2ccccc2)cc(-c2ccccc2)n1. The third-order valence-electron chi connectivity index (χ3n) is 10.4. The van der Waals surface area contributed by atoms with Gasteiger partial charge in [-0.2, -0.15) is 0 Å². The number of fused-ring (bicyclic) bond motifs is 10. The molecule has 10 rings (SSSR count). The molecule has 1 aliphatic rings. The van der Waals surface area contributed by atoms with Crippen molar-refractivity contribution >= 4 is 32.6 Å². The summed E-state index contributed by atoms with van der Waals surface area (Å²) in [6.45, 7) is 2.39. The van der Waals surface area contributed by atoms with Crippen LogP contribution in [-0.2, 0) is 5.41 Å². The summed E-state index contributed by atoms with van der Waals surface area (Å²) < 4.78 is 2.29.